The first-order valence-corrected chi connectivity index (χ1v) is 7.55. The van der Waals surface area contributed by atoms with Gasteiger partial charge in [0, 0.05) is 39.8 Å². The summed E-state index contributed by atoms with van der Waals surface area (Å²) >= 11 is 0. The molecule has 5 heteroatoms. The van der Waals surface area contributed by atoms with Crippen LogP contribution in [0.4, 0.5) is 0 Å². The standard InChI is InChI=1S/C15H27NO4/c1-18-9-3-14(17)16-7-4-15(5-8-16)6-10-20-12-13(15)11-19-2/h13H,3-12H2,1-2H3/t13-/m0/s1. The van der Waals surface area contributed by atoms with Gasteiger partial charge in [-0.3, -0.25) is 4.79 Å². The van der Waals surface area contributed by atoms with Crippen molar-refractivity contribution in [1.29, 1.82) is 0 Å². The molecule has 0 aliphatic carbocycles. The highest BCUT2D eigenvalue weighted by atomic mass is 16.5. The molecule has 1 amide bonds. The number of carbonyl (C=O) groups excluding carboxylic acids is 1. The van der Waals surface area contributed by atoms with Crippen LogP contribution in [-0.4, -0.2) is 64.5 Å². The van der Waals surface area contributed by atoms with E-state index < -0.39 is 0 Å². The van der Waals surface area contributed by atoms with Crippen molar-refractivity contribution in [3.63, 3.8) is 0 Å². The van der Waals surface area contributed by atoms with Crippen molar-refractivity contribution in [2.45, 2.75) is 25.7 Å². The third-order valence-electron chi connectivity index (χ3n) is 4.93. The number of piperidine rings is 1. The van der Waals surface area contributed by atoms with Crippen LogP contribution in [0.1, 0.15) is 25.7 Å². The second-order valence-corrected chi connectivity index (χ2v) is 5.96. The number of amides is 1. The molecule has 2 fully saturated rings. The molecular weight excluding hydrogens is 258 g/mol. The van der Waals surface area contributed by atoms with Gasteiger partial charge in [0.2, 0.25) is 5.91 Å². The van der Waals surface area contributed by atoms with E-state index in [1.54, 1.807) is 14.2 Å². The zero-order valence-electron chi connectivity index (χ0n) is 12.7. The summed E-state index contributed by atoms with van der Waals surface area (Å²) in [4.78, 5) is 14.0. The first kappa shape index (κ1) is 15.7. The molecule has 0 bridgehead atoms. The summed E-state index contributed by atoms with van der Waals surface area (Å²) in [7, 11) is 3.39. The second-order valence-electron chi connectivity index (χ2n) is 5.96. The fraction of sp³-hybridized carbons (Fsp3) is 0.933. The molecule has 1 atom stereocenters. The van der Waals surface area contributed by atoms with Crippen LogP contribution in [0.3, 0.4) is 0 Å². The summed E-state index contributed by atoms with van der Waals surface area (Å²) in [5, 5.41) is 0. The lowest BCUT2D eigenvalue weighted by Crippen LogP contribution is -2.50. The molecule has 2 rings (SSSR count). The smallest absolute Gasteiger partial charge is 0.224 e. The van der Waals surface area contributed by atoms with Gasteiger partial charge in [0.05, 0.1) is 26.2 Å². The van der Waals surface area contributed by atoms with Crippen LogP contribution < -0.4 is 0 Å². The number of hydrogen-bond acceptors (Lipinski definition) is 4. The van der Waals surface area contributed by atoms with Gasteiger partial charge >= 0.3 is 0 Å². The topological polar surface area (TPSA) is 48.0 Å². The van der Waals surface area contributed by atoms with Crippen molar-refractivity contribution in [3.8, 4) is 0 Å². The fourth-order valence-corrected chi connectivity index (χ4v) is 3.52. The van der Waals surface area contributed by atoms with Crippen molar-refractivity contribution in [2.24, 2.45) is 11.3 Å². The highest BCUT2D eigenvalue weighted by Crippen LogP contribution is 2.44. The summed E-state index contributed by atoms with van der Waals surface area (Å²) in [6.45, 7) is 4.65. The number of nitrogens with zero attached hydrogens (tertiary/aromatic N) is 1. The predicted molar refractivity (Wildman–Crippen MR) is 75.5 cm³/mol. The number of rotatable bonds is 5. The molecule has 2 heterocycles. The van der Waals surface area contributed by atoms with Gasteiger partial charge in [-0.05, 0) is 24.7 Å². The van der Waals surface area contributed by atoms with E-state index in [9.17, 15) is 4.79 Å². The monoisotopic (exact) mass is 285 g/mol. The van der Waals surface area contributed by atoms with Gasteiger partial charge in [-0.15, -0.1) is 0 Å². The van der Waals surface area contributed by atoms with Gasteiger partial charge in [-0.2, -0.15) is 0 Å². The van der Waals surface area contributed by atoms with Crippen molar-refractivity contribution in [3.05, 3.63) is 0 Å². The van der Waals surface area contributed by atoms with Crippen molar-refractivity contribution in [1.82, 2.24) is 4.90 Å². The maximum absolute atomic E-state index is 12.0. The largest absolute Gasteiger partial charge is 0.384 e. The number of ether oxygens (including phenoxy) is 3. The third-order valence-corrected chi connectivity index (χ3v) is 4.93. The molecule has 1 spiro atoms. The highest BCUT2D eigenvalue weighted by Gasteiger charge is 2.43. The van der Waals surface area contributed by atoms with Gasteiger partial charge in [0.15, 0.2) is 0 Å². The van der Waals surface area contributed by atoms with Crippen LogP contribution in [-0.2, 0) is 19.0 Å². The molecule has 2 saturated heterocycles. The summed E-state index contributed by atoms with van der Waals surface area (Å²) in [5.41, 5.74) is 0.312. The van der Waals surface area contributed by atoms with E-state index >= 15 is 0 Å². The summed E-state index contributed by atoms with van der Waals surface area (Å²) in [6.07, 6.45) is 3.74. The van der Waals surface area contributed by atoms with Crippen LogP contribution >= 0.6 is 0 Å². The molecule has 0 saturated carbocycles. The Hall–Kier alpha value is -0.650. The number of likely N-dealkylation sites (tertiary alicyclic amines) is 1. The molecule has 20 heavy (non-hydrogen) atoms. The Balaban J connectivity index is 1.89. The lowest BCUT2D eigenvalue weighted by atomic mass is 9.66. The molecule has 2 aliphatic heterocycles. The number of carbonyl (C=O) groups is 1. The SMILES string of the molecule is COCCC(=O)N1CCC2(CCOC[C@@H]2COC)CC1. The summed E-state index contributed by atoms with van der Waals surface area (Å²) in [6, 6.07) is 0. The molecule has 0 aromatic rings. The molecule has 0 N–H and O–H groups in total. The molecule has 0 radical (unpaired) electrons. The third kappa shape index (κ3) is 3.51. The minimum atomic E-state index is 0.219. The van der Waals surface area contributed by atoms with Crippen LogP contribution in [0.5, 0.6) is 0 Å². The van der Waals surface area contributed by atoms with Gasteiger partial charge in [-0.1, -0.05) is 0 Å². The molecule has 2 aliphatic rings. The van der Waals surface area contributed by atoms with E-state index in [1.807, 2.05) is 4.90 Å². The van der Waals surface area contributed by atoms with E-state index in [2.05, 4.69) is 0 Å². The maximum atomic E-state index is 12.0. The van der Waals surface area contributed by atoms with Crippen molar-refractivity contribution in [2.75, 3.05) is 53.7 Å². The van der Waals surface area contributed by atoms with Crippen LogP contribution in [0.15, 0.2) is 0 Å². The average molecular weight is 285 g/mol. The zero-order valence-corrected chi connectivity index (χ0v) is 12.7. The van der Waals surface area contributed by atoms with Crippen LogP contribution in [0, 0.1) is 11.3 Å². The van der Waals surface area contributed by atoms with Crippen LogP contribution in [0.25, 0.3) is 0 Å². The van der Waals surface area contributed by atoms with Gasteiger partial charge in [-0.25, -0.2) is 0 Å². The Labute approximate surface area is 121 Å². The van der Waals surface area contributed by atoms with E-state index in [0.29, 0.717) is 24.4 Å². The number of hydrogen-bond donors (Lipinski definition) is 0. The number of methoxy groups -OCH3 is 2. The normalized spacial score (nSPS) is 25.9. The molecule has 0 unspecified atom stereocenters. The quantitative estimate of drug-likeness (QED) is 0.764. The minimum absolute atomic E-state index is 0.219. The predicted octanol–water partition coefficient (Wildman–Crippen LogP) is 1.31. The molecule has 116 valence electrons. The fourth-order valence-electron chi connectivity index (χ4n) is 3.52. The molecule has 5 nitrogen and oxygen atoms in total. The Kier molecular flexibility index (Phi) is 5.81. The van der Waals surface area contributed by atoms with E-state index in [-0.39, 0.29) is 5.91 Å². The second kappa shape index (κ2) is 7.38. The first-order chi connectivity index (χ1) is 9.72. The Morgan fingerprint density at radius 1 is 1.25 bits per heavy atom. The highest BCUT2D eigenvalue weighted by molar-refractivity contribution is 5.76. The molecule has 0 aromatic carbocycles. The Morgan fingerprint density at radius 3 is 2.65 bits per heavy atom. The Morgan fingerprint density at radius 2 is 2.00 bits per heavy atom. The van der Waals surface area contributed by atoms with Crippen LogP contribution in [0.2, 0.25) is 0 Å². The average Bonchev–Trinajstić information content (AvgIpc) is 2.48. The van der Waals surface area contributed by atoms with Crippen molar-refractivity contribution < 1.29 is 19.0 Å². The Bertz CT molecular complexity index is 311. The molecular formula is C15H27NO4. The molecule has 0 aromatic heterocycles. The lowest BCUT2D eigenvalue weighted by Gasteiger charge is -2.48. The maximum Gasteiger partial charge on any atom is 0.224 e. The van der Waals surface area contributed by atoms with Gasteiger partial charge in [0.1, 0.15) is 0 Å². The minimum Gasteiger partial charge on any atom is -0.384 e. The first-order valence-electron chi connectivity index (χ1n) is 7.55. The van der Waals surface area contributed by atoms with Crippen molar-refractivity contribution >= 4 is 5.91 Å². The van der Waals surface area contributed by atoms with E-state index in [1.165, 1.54) is 0 Å². The lowest BCUT2D eigenvalue weighted by molar-refractivity contribution is -0.139. The van der Waals surface area contributed by atoms with Gasteiger partial charge < -0.3 is 19.1 Å². The summed E-state index contributed by atoms with van der Waals surface area (Å²) < 4.78 is 16.0. The van der Waals surface area contributed by atoms with E-state index in [0.717, 1.165) is 52.2 Å². The van der Waals surface area contributed by atoms with Gasteiger partial charge in [0.25, 0.3) is 0 Å². The summed E-state index contributed by atoms with van der Waals surface area (Å²) in [5.74, 6) is 0.689. The van der Waals surface area contributed by atoms with E-state index in [4.69, 9.17) is 14.2 Å². The zero-order chi connectivity index (χ0) is 14.4.